The molecule has 1 saturated heterocycles. The van der Waals surface area contributed by atoms with E-state index >= 15 is 0 Å². The lowest BCUT2D eigenvalue weighted by Crippen LogP contribution is -2.48. The summed E-state index contributed by atoms with van der Waals surface area (Å²) in [6.45, 7) is 14.0. The second-order valence-corrected chi connectivity index (χ2v) is 6.24. The molecule has 1 N–H and O–H groups in total. The minimum atomic E-state index is 0.195. The third kappa shape index (κ3) is 4.40. The van der Waals surface area contributed by atoms with Gasteiger partial charge in [0.2, 0.25) is 0 Å². The van der Waals surface area contributed by atoms with Crippen molar-refractivity contribution < 1.29 is 4.74 Å². The molecule has 0 bridgehead atoms. The van der Waals surface area contributed by atoms with Crippen LogP contribution in [0.2, 0.25) is 0 Å². The van der Waals surface area contributed by atoms with Crippen molar-refractivity contribution in [1.29, 1.82) is 0 Å². The van der Waals surface area contributed by atoms with Gasteiger partial charge in [-0.05, 0) is 40.8 Å². The topological polar surface area (TPSA) is 24.5 Å². The van der Waals surface area contributed by atoms with Crippen molar-refractivity contribution in [3.05, 3.63) is 0 Å². The number of hydrogen-bond acceptors (Lipinski definition) is 3. The minimum Gasteiger partial charge on any atom is -0.381 e. The van der Waals surface area contributed by atoms with Crippen molar-refractivity contribution >= 4 is 0 Å². The van der Waals surface area contributed by atoms with E-state index in [0.29, 0.717) is 5.41 Å². The van der Waals surface area contributed by atoms with Gasteiger partial charge in [0.05, 0.1) is 6.61 Å². The molecule has 0 aromatic carbocycles. The molecule has 0 aliphatic carbocycles. The predicted molar refractivity (Wildman–Crippen MR) is 68.8 cm³/mol. The average Bonchev–Trinajstić information content (AvgIpc) is 2.63. The molecule has 0 saturated carbocycles. The van der Waals surface area contributed by atoms with Crippen LogP contribution in [-0.2, 0) is 4.74 Å². The molecule has 3 heteroatoms. The van der Waals surface area contributed by atoms with Crippen LogP contribution in [0.3, 0.4) is 0 Å². The third-order valence-electron chi connectivity index (χ3n) is 3.32. The monoisotopic (exact) mass is 228 g/mol. The molecular formula is C13H28N2O. The van der Waals surface area contributed by atoms with Crippen LogP contribution in [0.4, 0.5) is 0 Å². The number of hydrogen-bond donors (Lipinski definition) is 1. The fourth-order valence-electron chi connectivity index (χ4n) is 2.11. The van der Waals surface area contributed by atoms with Crippen LogP contribution < -0.4 is 5.32 Å². The second-order valence-electron chi connectivity index (χ2n) is 6.24. The van der Waals surface area contributed by atoms with Crippen LogP contribution in [-0.4, -0.2) is 50.3 Å². The molecule has 1 heterocycles. The van der Waals surface area contributed by atoms with Gasteiger partial charge in [-0.25, -0.2) is 0 Å². The highest BCUT2D eigenvalue weighted by molar-refractivity contribution is 4.89. The van der Waals surface area contributed by atoms with Crippen LogP contribution >= 0.6 is 0 Å². The van der Waals surface area contributed by atoms with E-state index in [2.05, 4.69) is 45.0 Å². The van der Waals surface area contributed by atoms with Crippen LogP contribution in [0.5, 0.6) is 0 Å². The Bertz CT molecular complexity index is 204. The van der Waals surface area contributed by atoms with Crippen LogP contribution in [0.25, 0.3) is 0 Å². The highest BCUT2D eigenvalue weighted by atomic mass is 16.5. The van der Waals surface area contributed by atoms with E-state index in [9.17, 15) is 0 Å². The summed E-state index contributed by atoms with van der Waals surface area (Å²) in [5, 5.41) is 3.63. The van der Waals surface area contributed by atoms with Crippen molar-refractivity contribution in [2.24, 2.45) is 5.41 Å². The van der Waals surface area contributed by atoms with E-state index in [0.717, 1.165) is 32.8 Å². The molecule has 0 spiro atoms. The van der Waals surface area contributed by atoms with E-state index in [-0.39, 0.29) is 5.54 Å². The van der Waals surface area contributed by atoms with Gasteiger partial charge in [-0.3, -0.25) is 0 Å². The highest BCUT2D eigenvalue weighted by Crippen LogP contribution is 2.29. The minimum absolute atomic E-state index is 0.195. The maximum absolute atomic E-state index is 5.60. The fourth-order valence-corrected chi connectivity index (χ4v) is 2.11. The number of ether oxygens (including phenoxy) is 1. The first-order chi connectivity index (χ1) is 7.37. The maximum atomic E-state index is 5.60. The number of rotatable bonds is 5. The predicted octanol–water partition coefficient (Wildman–Crippen LogP) is 1.73. The summed E-state index contributed by atoms with van der Waals surface area (Å²) >= 11 is 0. The standard InChI is InChI=1S/C13H28N2O/c1-6-15(5)10-13(7-8-16-11-13)9-14-12(2,3)4/h14H,6-11H2,1-5H3. The molecule has 0 radical (unpaired) electrons. The Labute approximate surface area is 101 Å². The van der Waals surface area contributed by atoms with Gasteiger partial charge in [-0.15, -0.1) is 0 Å². The van der Waals surface area contributed by atoms with Gasteiger partial charge >= 0.3 is 0 Å². The fraction of sp³-hybridized carbons (Fsp3) is 1.00. The molecule has 1 rings (SSSR count). The van der Waals surface area contributed by atoms with Crippen molar-refractivity contribution in [1.82, 2.24) is 10.2 Å². The van der Waals surface area contributed by atoms with Crippen LogP contribution in [0.15, 0.2) is 0 Å². The molecule has 16 heavy (non-hydrogen) atoms. The molecule has 1 unspecified atom stereocenters. The first kappa shape index (κ1) is 13.9. The summed E-state index contributed by atoms with van der Waals surface area (Å²) in [4.78, 5) is 2.39. The van der Waals surface area contributed by atoms with Gasteiger partial charge in [-0.1, -0.05) is 6.92 Å². The lowest BCUT2D eigenvalue weighted by molar-refractivity contribution is 0.115. The Morgan fingerprint density at radius 1 is 1.38 bits per heavy atom. The number of nitrogens with one attached hydrogen (secondary N) is 1. The summed E-state index contributed by atoms with van der Waals surface area (Å²) in [7, 11) is 2.19. The summed E-state index contributed by atoms with van der Waals surface area (Å²) in [6.07, 6.45) is 1.18. The van der Waals surface area contributed by atoms with E-state index in [1.54, 1.807) is 0 Å². The molecule has 0 amide bonds. The zero-order valence-electron chi connectivity index (χ0n) is 11.6. The van der Waals surface area contributed by atoms with Gasteiger partial charge in [0.25, 0.3) is 0 Å². The Hall–Kier alpha value is -0.120. The van der Waals surface area contributed by atoms with Crippen molar-refractivity contribution in [3.63, 3.8) is 0 Å². The average molecular weight is 228 g/mol. The third-order valence-corrected chi connectivity index (χ3v) is 3.32. The van der Waals surface area contributed by atoms with E-state index in [4.69, 9.17) is 4.74 Å². The molecule has 3 nitrogen and oxygen atoms in total. The molecule has 0 aromatic rings. The van der Waals surface area contributed by atoms with Crippen molar-refractivity contribution in [2.75, 3.05) is 39.9 Å². The van der Waals surface area contributed by atoms with Crippen molar-refractivity contribution in [3.8, 4) is 0 Å². The summed E-state index contributed by atoms with van der Waals surface area (Å²) in [5.74, 6) is 0. The first-order valence-corrected chi connectivity index (χ1v) is 6.38. The summed E-state index contributed by atoms with van der Waals surface area (Å²) < 4.78 is 5.60. The Morgan fingerprint density at radius 3 is 2.50 bits per heavy atom. The maximum Gasteiger partial charge on any atom is 0.0547 e. The number of nitrogens with zero attached hydrogens (tertiary/aromatic N) is 1. The highest BCUT2D eigenvalue weighted by Gasteiger charge is 2.36. The lowest BCUT2D eigenvalue weighted by Gasteiger charge is -2.35. The Morgan fingerprint density at radius 2 is 2.06 bits per heavy atom. The summed E-state index contributed by atoms with van der Waals surface area (Å²) in [5.41, 5.74) is 0.512. The smallest absolute Gasteiger partial charge is 0.0547 e. The van der Waals surface area contributed by atoms with E-state index < -0.39 is 0 Å². The quantitative estimate of drug-likeness (QED) is 0.775. The zero-order chi connectivity index (χ0) is 12.2. The zero-order valence-corrected chi connectivity index (χ0v) is 11.6. The second kappa shape index (κ2) is 5.48. The SMILES string of the molecule is CCN(C)CC1(CNC(C)(C)C)CCOC1. The molecule has 0 aromatic heterocycles. The van der Waals surface area contributed by atoms with Crippen LogP contribution in [0.1, 0.15) is 34.1 Å². The Kier molecular flexibility index (Phi) is 4.77. The Balaban J connectivity index is 2.52. The molecular weight excluding hydrogens is 200 g/mol. The molecule has 1 aliphatic heterocycles. The molecule has 96 valence electrons. The van der Waals surface area contributed by atoms with Crippen molar-refractivity contribution in [2.45, 2.75) is 39.7 Å². The van der Waals surface area contributed by atoms with Gasteiger partial charge in [0.15, 0.2) is 0 Å². The molecule has 1 atom stereocenters. The van der Waals surface area contributed by atoms with E-state index in [1.807, 2.05) is 0 Å². The van der Waals surface area contributed by atoms with E-state index in [1.165, 1.54) is 6.42 Å². The summed E-state index contributed by atoms with van der Waals surface area (Å²) in [6, 6.07) is 0. The largest absolute Gasteiger partial charge is 0.381 e. The molecule has 1 aliphatic rings. The van der Waals surface area contributed by atoms with Gasteiger partial charge in [-0.2, -0.15) is 0 Å². The normalized spacial score (nSPS) is 26.6. The van der Waals surface area contributed by atoms with Gasteiger partial charge in [0, 0.05) is 30.7 Å². The van der Waals surface area contributed by atoms with Crippen LogP contribution in [0, 0.1) is 5.41 Å². The molecule has 1 fully saturated rings. The van der Waals surface area contributed by atoms with Gasteiger partial charge < -0.3 is 15.0 Å². The van der Waals surface area contributed by atoms with Gasteiger partial charge in [0.1, 0.15) is 0 Å². The first-order valence-electron chi connectivity index (χ1n) is 6.38. The lowest BCUT2D eigenvalue weighted by atomic mass is 9.85.